The predicted molar refractivity (Wildman–Crippen MR) is 151 cm³/mol. The van der Waals surface area contributed by atoms with Crippen molar-refractivity contribution in [3.63, 3.8) is 0 Å². The topological polar surface area (TPSA) is 49.4 Å². The highest BCUT2D eigenvalue weighted by atomic mass is 35.5. The number of hydrogen-bond acceptors (Lipinski definition) is 3. The molecule has 0 aromatic heterocycles. The van der Waals surface area contributed by atoms with E-state index in [0.717, 1.165) is 22.3 Å². The average molecular weight is 523 g/mol. The highest BCUT2D eigenvalue weighted by molar-refractivity contribution is 7.99. The summed E-state index contributed by atoms with van der Waals surface area (Å²) in [5.74, 6) is 0.777. The number of rotatable bonds is 10. The average Bonchev–Trinajstić information content (AvgIpc) is 2.83. The lowest BCUT2D eigenvalue weighted by Gasteiger charge is -2.34. The van der Waals surface area contributed by atoms with Crippen molar-refractivity contribution in [2.75, 3.05) is 5.75 Å². The van der Waals surface area contributed by atoms with Crippen LogP contribution in [0.4, 0.5) is 0 Å². The molecule has 0 aliphatic carbocycles. The maximum atomic E-state index is 13.7. The summed E-state index contributed by atoms with van der Waals surface area (Å²) >= 11 is 7.54. The lowest BCUT2D eigenvalue weighted by molar-refractivity contribution is -0.140. The van der Waals surface area contributed by atoms with Gasteiger partial charge >= 0.3 is 0 Å². The van der Waals surface area contributed by atoms with Crippen LogP contribution in [0, 0.1) is 6.92 Å². The number of nitrogens with one attached hydrogen (secondary N) is 1. The van der Waals surface area contributed by atoms with Crippen LogP contribution in [0.15, 0.2) is 78.9 Å². The maximum absolute atomic E-state index is 13.7. The van der Waals surface area contributed by atoms with Crippen molar-refractivity contribution in [3.05, 3.63) is 106 Å². The van der Waals surface area contributed by atoms with E-state index >= 15 is 0 Å². The summed E-state index contributed by atoms with van der Waals surface area (Å²) in [6.45, 7) is 8.29. The molecule has 2 amide bonds. The number of benzene rings is 3. The van der Waals surface area contributed by atoms with Gasteiger partial charge in [0.05, 0.1) is 5.75 Å². The summed E-state index contributed by atoms with van der Waals surface area (Å²) < 4.78 is 0. The first-order valence-corrected chi connectivity index (χ1v) is 13.7. The van der Waals surface area contributed by atoms with Gasteiger partial charge in [-0.15, -0.1) is 11.8 Å². The number of halogens is 1. The molecule has 0 heterocycles. The molecule has 0 radical (unpaired) electrons. The van der Waals surface area contributed by atoms with Gasteiger partial charge in [-0.25, -0.2) is 0 Å². The summed E-state index contributed by atoms with van der Waals surface area (Å²) in [7, 11) is 0. The first-order chi connectivity index (χ1) is 17.1. The van der Waals surface area contributed by atoms with Crippen LogP contribution in [0.2, 0.25) is 5.02 Å². The molecule has 190 valence electrons. The monoisotopic (exact) mass is 522 g/mol. The fourth-order valence-corrected chi connectivity index (χ4v) is 4.89. The Kier molecular flexibility index (Phi) is 10.0. The Balaban J connectivity index is 1.87. The smallest absolute Gasteiger partial charge is 0.243 e. The molecule has 0 bridgehead atoms. The van der Waals surface area contributed by atoms with Crippen LogP contribution in [0.25, 0.3) is 0 Å². The first-order valence-electron chi connectivity index (χ1n) is 12.1. The summed E-state index contributed by atoms with van der Waals surface area (Å²) in [4.78, 5) is 29.1. The molecule has 1 unspecified atom stereocenters. The fraction of sp³-hybridized carbons (Fsp3) is 0.333. The summed E-state index contributed by atoms with van der Waals surface area (Å²) in [6, 6.07) is 24.9. The third kappa shape index (κ3) is 8.72. The van der Waals surface area contributed by atoms with Crippen LogP contribution in [-0.2, 0) is 28.3 Å². The van der Waals surface area contributed by atoms with E-state index in [2.05, 4.69) is 5.32 Å². The summed E-state index contributed by atoms with van der Waals surface area (Å²) in [5.41, 5.74) is 3.85. The number of thioether (sulfide) groups is 1. The Morgan fingerprint density at radius 1 is 0.917 bits per heavy atom. The highest BCUT2D eigenvalue weighted by Gasteiger charge is 2.32. The Bertz CT molecular complexity index is 1140. The van der Waals surface area contributed by atoms with Gasteiger partial charge in [-0.2, -0.15) is 0 Å². The van der Waals surface area contributed by atoms with Crippen LogP contribution in [0.5, 0.6) is 0 Å². The minimum absolute atomic E-state index is 0.0535. The van der Waals surface area contributed by atoms with Crippen LogP contribution in [-0.4, -0.2) is 34.0 Å². The SMILES string of the molecule is Cc1ccccc1CN(C(=O)CSCc1ccc(Cl)cc1)C(Cc1ccccc1)C(=O)NC(C)(C)C. The number of carbonyl (C=O) groups is 2. The number of nitrogens with zero attached hydrogens (tertiary/aromatic N) is 1. The zero-order valence-electron chi connectivity index (χ0n) is 21.5. The molecule has 0 aliphatic heterocycles. The Labute approximate surface area is 224 Å². The number of aryl methyl sites for hydroxylation is 1. The van der Waals surface area contributed by atoms with Gasteiger partial charge < -0.3 is 10.2 Å². The van der Waals surface area contributed by atoms with Crippen molar-refractivity contribution in [2.45, 2.75) is 58.0 Å². The van der Waals surface area contributed by atoms with E-state index in [1.807, 2.05) is 107 Å². The molecule has 4 nitrogen and oxygen atoms in total. The fourth-order valence-electron chi connectivity index (χ4n) is 3.90. The third-order valence-electron chi connectivity index (χ3n) is 5.78. The second kappa shape index (κ2) is 13.0. The Hall–Kier alpha value is -2.76. The van der Waals surface area contributed by atoms with E-state index in [0.29, 0.717) is 23.7 Å². The number of carbonyl (C=O) groups excluding carboxylic acids is 2. The zero-order chi connectivity index (χ0) is 26.1. The van der Waals surface area contributed by atoms with Crippen molar-refractivity contribution in [3.8, 4) is 0 Å². The maximum Gasteiger partial charge on any atom is 0.243 e. The normalized spacial score (nSPS) is 12.1. The van der Waals surface area contributed by atoms with Gasteiger partial charge in [-0.05, 0) is 62.1 Å². The van der Waals surface area contributed by atoms with Gasteiger partial charge in [0.25, 0.3) is 0 Å². The molecular weight excluding hydrogens is 488 g/mol. The second-order valence-electron chi connectivity index (χ2n) is 10.0. The van der Waals surface area contributed by atoms with Crippen molar-refractivity contribution < 1.29 is 9.59 Å². The largest absolute Gasteiger partial charge is 0.350 e. The zero-order valence-corrected chi connectivity index (χ0v) is 23.0. The molecule has 3 aromatic rings. The van der Waals surface area contributed by atoms with E-state index in [1.165, 1.54) is 0 Å². The van der Waals surface area contributed by atoms with Gasteiger partial charge in [-0.3, -0.25) is 9.59 Å². The van der Waals surface area contributed by atoms with E-state index in [1.54, 1.807) is 16.7 Å². The van der Waals surface area contributed by atoms with Gasteiger partial charge in [0.1, 0.15) is 6.04 Å². The minimum atomic E-state index is -0.630. The molecule has 0 spiro atoms. The van der Waals surface area contributed by atoms with Crippen LogP contribution < -0.4 is 5.32 Å². The molecule has 3 aromatic carbocycles. The van der Waals surface area contributed by atoms with Crippen LogP contribution in [0.3, 0.4) is 0 Å². The van der Waals surface area contributed by atoms with E-state index < -0.39 is 11.6 Å². The molecule has 36 heavy (non-hydrogen) atoms. The number of hydrogen-bond donors (Lipinski definition) is 1. The van der Waals surface area contributed by atoms with Gasteiger partial charge in [0.2, 0.25) is 11.8 Å². The third-order valence-corrected chi connectivity index (χ3v) is 7.02. The van der Waals surface area contributed by atoms with Gasteiger partial charge in [0, 0.05) is 29.3 Å². The second-order valence-corrected chi connectivity index (χ2v) is 11.4. The van der Waals surface area contributed by atoms with Crippen molar-refractivity contribution in [2.24, 2.45) is 0 Å². The predicted octanol–water partition coefficient (Wildman–Crippen LogP) is 6.44. The molecule has 0 fully saturated rings. The molecule has 0 saturated heterocycles. The van der Waals surface area contributed by atoms with Gasteiger partial charge in [0.15, 0.2) is 0 Å². The van der Waals surface area contributed by atoms with Crippen molar-refractivity contribution in [1.29, 1.82) is 0 Å². The Morgan fingerprint density at radius 2 is 1.56 bits per heavy atom. The van der Waals surface area contributed by atoms with Crippen LogP contribution in [0.1, 0.15) is 43.0 Å². The minimum Gasteiger partial charge on any atom is -0.350 e. The van der Waals surface area contributed by atoms with E-state index in [-0.39, 0.29) is 17.6 Å². The first kappa shape index (κ1) is 27.8. The van der Waals surface area contributed by atoms with Crippen LogP contribution >= 0.6 is 23.4 Å². The molecule has 1 N–H and O–H groups in total. The lowest BCUT2D eigenvalue weighted by Crippen LogP contribution is -2.54. The molecular formula is C30H35ClN2O2S. The Morgan fingerprint density at radius 3 is 2.19 bits per heavy atom. The molecule has 3 rings (SSSR count). The van der Waals surface area contributed by atoms with Crippen molar-refractivity contribution >= 4 is 35.2 Å². The molecule has 0 aliphatic rings. The van der Waals surface area contributed by atoms with E-state index in [4.69, 9.17) is 11.6 Å². The van der Waals surface area contributed by atoms with Crippen molar-refractivity contribution in [1.82, 2.24) is 10.2 Å². The summed E-state index contributed by atoms with van der Waals surface area (Å²) in [5, 5.41) is 3.80. The van der Waals surface area contributed by atoms with Gasteiger partial charge in [-0.1, -0.05) is 78.3 Å². The van der Waals surface area contributed by atoms with E-state index in [9.17, 15) is 9.59 Å². The highest BCUT2D eigenvalue weighted by Crippen LogP contribution is 2.21. The quantitative estimate of drug-likeness (QED) is 0.333. The summed E-state index contributed by atoms with van der Waals surface area (Å²) in [6.07, 6.45) is 0.447. The molecule has 1 atom stereocenters. The molecule has 0 saturated carbocycles. The number of amides is 2. The lowest BCUT2D eigenvalue weighted by atomic mass is 10.00. The molecule has 6 heteroatoms. The standard InChI is InChI=1S/C30H35ClN2O2S/c1-22-10-8-9-13-25(22)19-33(28(34)21-36-20-24-14-16-26(31)17-15-24)27(29(35)32-30(2,3)4)18-23-11-6-5-7-12-23/h5-17,27H,18-21H2,1-4H3,(H,32,35).